The van der Waals surface area contributed by atoms with Gasteiger partial charge in [0.1, 0.15) is 17.8 Å². The third-order valence-corrected chi connectivity index (χ3v) is 2.16. The number of nitrogens with zero attached hydrogens (tertiary/aromatic N) is 4. The van der Waals surface area contributed by atoms with Crippen LogP contribution in [0.3, 0.4) is 0 Å². The van der Waals surface area contributed by atoms with E-state index in [0.717, 1.165) is 10.9 Å². The first-order chi connectivity index (χ1) is 7.36. The van der Waals surface area contributed by atoms with Gasteiger partial charge in [-0.3, -0.25) is 10.2 Å². The number of aromatic nitrogens is 6. The molecule has 7 heteroatoms. The summed E-state index contributed by atoms with van der Waals surface area (Å²) in [6.07, 6.45) is 4.80. The Hall–Kier alpha value is -2.44. The molecule has 0 aliphatic rings. The maximum Gasteiger partial charge on any atom is 0.161 e. The lowest BCUT2D eigenvalue weighted by atomic mass is 10.2. The second-order valence-corrected chi connectivity index (χ2v) is 3.04. The van der Waals surface area contributed by atoms with E-state index in [4.69, 9.17) is 5.73 Å². The van der Waals surface area contributed by atoms with Gasteiger partial charge in [-0.1, -0.05) is 0 Å². The van der Waals surface area contributed by atoms with Crippen molar-refractivity contribution in [1.82, 2.24) is 30.4 Å². The Bertz CT molecular complexity index is 595. The molecule has 3 aromatic rings. The van der Waals surface area contributed by atoms with Crippen molar-refractivity contribution in [2.75, 3.05) is 5.73 Å². The molecule has 0 unspecified atom stereocenters. The average molecular weight is 201 g/mol. The Morgan fingerprint density at radius 2 is 2.20 bits per heavy atom. The topological polar surface area (TPSA) is 109 Å². The quantitative estimate of drug-likeness (QED) is 0.525. The van der Waals surface area contributed by atoms with Gasteiger partial charge in [0.25, 0.3) is 0 Å². The van der Waals surface area contributed by atoms with Crippen LogP contribution < -0.4 is 5.73 Å². The van der Waals surface area contributed by atoms with E-state index in [9.17, 15) is 0 Å². The molecule has 0 aliphatic heterocycles. The van der Waals surface area contributed by atoms with Gasteiger partial charge in [0.2, 0.25) is 0 Å². The van der Waals surface area contributed by atoms with Gasteiger partial charge in [-0.25, -0.2) is 9.97 Å². The number of hydrogen-bond acceptors (Lipinski definition) is 5. The molecule has 0 saturated carbocycles. The largest absolute Gasteiger partial charge is 0.383 e. The van der Waals surface area contributed by atoms with Crippen molar-refractivity contribution in [3.63, 3.8) is 0 Å². The SMILES string of the molecule is Nc1ncnc2[nH]nc(-c3cn[nH]c3)c12. The van der Waals surface area contributed by atoms with Crippen molar-refractivity contribution >= 4 is 16.9 Å². The third kappa shape index (κ3) is 1.06. The molecule has 0 atom stereocenters. The summed E-state index contributed by atoms with van der Waals surface area (Å²) in [5.74, 6) is 0.407. The van der Waals surface area contributed by atoms with Crippen LogP contribution in [0.1, 0.15) is 0 Å². The van der Waals surface area contributed by atoms with E-state index in [1.165, 1.54) is 6.33 Å². The van der Waals surface area contributed by atoms with Gasteiger partial charge in [0.15, 0.2) is 5.65 Å². The first-order valence-electron chi connectivity index (χ1n) is 4.30. The molecule has 0 aromatic carbocycles. The summed E-state index contributed by atoms with van der Waals surface area (Å²) < 4.78 is 0. The Balaban J connectivity index is 2.37. The summed E-state index contributed by atoms with van der Waals surface area (Å²) in [4.78, 5) is 7.96. The molecule has 4 N–H and O–H groups in total. The highest BCUT2D eigenvalue weighted by Gasteiger charge is 2.12. The van der Waals surface area contributed by atoms with E-state index >= 15 is 0 Å². The number of nitrogen functional groups attached to an aromatic ring is 1. The van der Waals surface area contributed by atoms with Crippen molar-refractivity contribution in [2.24, 2.45) is 0 Å². The average Bonchev–Trinajstić information content (AvgIpc) is 2.85. The Morgan fingerprint density at radius 1 is 1.27 bits per heavy atom. The van der Waals surface area contributed by atoms with Crippen molar-refractivity contribution in [3.05, 3.63) is 18.7 Å². The summed E-state index contributed by atoms with van der Waals surface area (Å²) in [5, 5.41) is 14.2. The lowest BCUT2D eigenvalue weighted by molar-refractivity contribution is 1.09. The lowest BCUT2D eigenvalue weighted by Gasteiger charge is -1.94. The Labute approximate surface area is 83.7 Å². The zero-order valence-electron chi connectivity index (χ0n) is 7.60. The molecule has 3 aromatic heterocycles. The maximum absolute atomic E-state index is 5.77. The monoisotopic (exact) mass is 201 g/mol. The first kappa shape index (κ1) is 7.92. The number of nitrogens with two attached hydrogens (primary N) is 1. The molecule has 0 bridgehead atoms. The fourth-order valence-electron chi connectivity index (χ4n) is 1.47. The molecule has 0 radical (unpaired) electrons. The van der Waals surface area contributed by atoms with Gasteiger partial charge in [0, 0.05) is 11.8 Å². The minimum atomic E-state index is 0.407. The molecule has 0 aliphatic carbocycles. The molecule has 3 rings (SSSR count). The summed E-state index contributed by atoms with van der Waals surface area (Å²) in [5.41, 5.74) is 7.94. The number of anilines is 1. The second-order valence-electron chi connectivity index (χ2n) is 3.04. The zero-order valence-corrected chi connectivity index (χ0v) is 7.60. The number of aromatic amines is 2. The maximum atomic E-state index is 5.77. The highest BCUT2D eigenvalue weighted by atomic mass is 15.2. The molecular formula is C8H7N7. The van der Waals surface area contributed by atoms with Crippen LogP contribution in [0.4, 0.5) is 5.82 Å². The van der Waals surface area contributed by atoms with Crippen LogP contribution in [-0.4, -0.2) is 30.4 Å². The van der Waals surface area contributed by atoms with E-state index in [1.54, 1.807) is 12.4 Å². The molecule has 7 nitrogen and oxygen atoms in total. The second kappa shape index (κ2) is 2.77. The first-order valence-corrected chi connectivity index (χ1v) is 4.30. The van der Waals surface area contributed by atoms with Gasteiger partial charge in [0.05, 0.1) is 11.6 Å². The van der Waals surface area contributed by atoms with Gasteiger partial charge < -0.3 is 5.73 Å². The number of hydrogen-bond donors (Lipinski definition) is 3. The van der Waals surface area contributed by atoms with Crippen LogP contribution in [0.25, 0.3) is 22.3 Å². The predicted octanol–water partition coefficient (Wildman–Crippen LogP) is 0.325. The van der Waals surface area contributed by atoms with Gasteiger partial charge >= 0.3 is 0 Å². The minimum absolute atomic E-state index is 0.407. The Kier molecular flexibility index (Phi) is 1.46. The minimum Gasteiger partial charge on any atom is -0.383 e. The van der Waals surface area contributed by atoms with Crippen LogP contribution in [0.5, 0.6) is 0 Å². The van der Waals surface area contributed by atoms with Crippen LogP contribution >= 0.6 is 0 Å². The number of nitrogens with one attached hydrogen (secondary N) is 2. The van der Waals surface area contributed by atoms with Crippen molar-refractivity contribution in [2.45, 2.75) is 0 Å². The predicted molar refractivity (Wildman–Crippen MR) is 53.7 cm³/mol. The summed E-state index contributed by atoms with van der Waals surface area (Å²) in [7, 11) is 0. The lowest BCUT2D eigenvalue weighted by Crippen LogP contribution is -1.92. The number of H-pyrrole nitrogens is 2. The van der Waals surface area contributed by atoms with E-state index in [-0.39, 0.29) is 0 Å². The number of rotatable bonds is 1. The van der Waals surface area contributed by atoms with Crippen LogP contribution in [-0.2, 0) is 0 Å². The molecule has 15 heavy (non-hydrogen) atoms. The van der Waals surface area contributed by atoms with Crippen LogP contribution in [0.15, 0.2) is 18.7 Å². The van der Waals surface area contributed by atoms with E-state index in [2.05, 4.69) is 30.4 Å². The summed E-state index contributed by atoms with van der Waals surface area (Å²) in [6.45, 7) is 0. The molecular weight excluding hydrogens is 194 g/mol. The van der Waals surface area contributed by atoms with Gasteiger partial charge in [-0.2, -0.15) is 10.2 Å². The molecule has 0 fully saturated rings. The van der Waals surface area contributed by atoms with Crippen molar-refractivity contribution in [1.29, 1.82) is 0 Å². The summed E-state index contributed by atoms with van der Waals surface area (Å²) >= 11 is 0. The van der Waals surface area contributed by atoms with E-state index in [0.29, 0.717) is 17.2 Å². The zero-order chi connectivity index (χ0) is 10.3. The van der Waals surface area contributed by atoms with Gasteiger partial charge in [-0.15, -0.1) is 0 Å². The molecule has 0 spiro atoms. The normalized spacial score (nSPS) is 10.9. The fraction of sp³-hybridized carbons (Fsp3) is 0. The molecule has 74 valence electrons. The van der Waals surface area contributed by atoms with Crippen molar-refractivity contribution in [3.8, 4) is 11.3 Å². The fourth-order valence-corrected chi connectivity index (χ4v) is 1.47. The Morgan fingerprint density at radius 3 is 3.00 bits per heavy atom. The van der Waals surface area contributed by atoms with Crippen LogP contribution in [0.2, 0.25) is 0 Å². The highest BCUT2D eigenvalue weighted by Crippen LogP contribution is 2.26. The standard InChI is InChI=1S/C8H7N7/c9-7-5-6(4-1-12-13-2-4)14-15-8(5)11-3-10-7/h1-3H,(H,12,13)(H3,9,10,11,14,15). The summed E-state index contributed by atoms with van der Waals surface area (Å²) in [6, 6.07) is 0. The van der Waals surface area contributed by atoms with Gasteiger partial charge in [-0.05, 0) is 0 Å². The smallest absolute Gasteiger partial charge is 0.161 e. The van der Waals surface area contributed by atoms with Crippen molar-refractivity contribution < 1.29 is 0 Å². The molecule has 0 amide bonds. The van der Waals surface area contributed by atoms with Crippen LogP contribution in [0, 0.1) is 0 Å². The van der Waals surface area contributed by atoms with E-state index < -0.39 is 0 Å². The number of fused-ring (bicyclic) bond motifs is 1. The highest BCUT2D eigenvalue weighted by molar-refractivity contribution is 5.97. The van der Waals surface area contributed by atoms with E-state index in [1.807, 2.05) is 0 Å². The third-order valence-electron chi connectivity index (χ3n) is 2.16. The molecule has 3 heterocycles. The molecule has 0 saturated heterocycles.